The Bertz CT molecular complexity index is 748. The van der Waals surface area contributed by atoms with Gasteiger partial charge in [-0.25, -0.2) is 4.39 Å². The van der Waals surface area contributed by atoms with Crippen LogP contribution in [-0.2, 0) is 12.4 Å². The quantitative estimate of drug-likeness (QED) is 0.748. The van der Waals surface area contributed by atoms with Crippen LogP contribution in [0.25, 0.3) is 0 Å². The molecule has 0 heterocycles. The van der Waals surface area contributed by atoms with Gasteiger partial charge >= 0.3 is 12.4 Å². The molecule has 0 atom stereocenters. The molecule has 0 saturated carbocycles. The molecule has 0 bridgehead atoms. The molecule has 2 rings (SSSR count). The summed E-state index contributed by atoms with van der Waals surface area (Å²) in [6.45, 7) is 0. The molecule has 0 fully saturated rings. The summed E-state index contributed by atoms with van der Waals surface area (Å²) in [6.07, 6.45) is -9.34. The van der Waals surface area contributed by atoms with Gasteiger partial charge in [-0.15, -0.1) is 0 Å². The van der Waals surface area contributed by atoms with Gasteiger partial charge in [0.15, 0.2) is 0 Å². The van der Waals surface area contributed by atoms with Crippen LogP contribution < -0.4 is 5.32 Å². The molecule has 0 unspecified atom stereocenters. The number of rotatable bonds is 2. The molecule has 2 aromatic rings. The first-order valence-corrected chi connectivity index (χ1v) is 6.34. The number of hydrogen-bond acceptors (Lipinski definition) is 1. The fraction of sp³-hybridized carbons (Fsp3) is 0.133. The highest BCUT2D eigenvalue weighted by molar-refractivity contribution is 6.04. The normalized spacial score (nSPS) is 12.1. The van der Waals surface area contributed by atoms with Gasteiger partial charge in [0.2, 0.25) is 0 Å². The third-order valence-corrected chi connectivity index (χ3v) is 3.01. The number of halogens is 7. The molecule has 0 radical (unpaired) electrons. The summed E-state index contributed by atoms with van der Waals surface area (Å²) in [5.41, 5.74) is -3.18. The van der Waals surface area contributed by atoms with Crippen molar-refractivity contribution in [1.82, 2.24) is 0 Å². The van der Waals surface area contributed by atoms with E-state index >= 15 is 0 Å². The molecule has 128 valence electrons. The predicted octanol–water partition coefficient (Wildman–Crippen LogP) is 5.12. The number of hydrogen-bond donors (Lipinski definition) is 1. The number of amides is 1. The van der Waals surface area contributed by atoms with Gasteiger partial charge in [0.1, 0.15) is 5.82 Å². The van der Waals surface area contributed by atoms with Crippen molar-refractivity contribution in [3.63, 3.8) is 0 Å². The molecule has 1 amide bonds. The third-order valence-electron chi connectivity index (χ3n) is 3.01. The molecule has 2 nitrogen and oxygen atoms in total. The predicted molar refractivity (Wildman–Crippen MR) is 70.8 cm³/mol. The minimum absolute atomic E-state index is 0.121. The molecule has 9 heteroatoms. The van der Waals surface area contributed by atoms with Crippen molar-refractivity contribution in [1.29, 1.82) is 0 Å². The van der Waals surface area contributed by atoms with Gasteiger partial charge in [0.25, 0.3) is 5.91 Å². The number of carbonyl (C=O) groups excluding carboxylic acids is 1. The largest absolute Gasteiger partial charge is 0.416 e. The van der Waals surface area contributed by atoms with Gasteiger partial charge in [-0.2, -0.15) is 26.3 Å². The standard InChI is InChI=1S/C15H8F7NO/c16-12-6-3-9(15(20,21)22)7-11(12)13(24)23-10-4-1-8(2-5-10)14(17,18)19/h1-7H,(H,23,24). The van der Waals surface area contributed by atoms with Crippen LogP contribution in [-0.4, -0.2) is 5.91 Å². The smallest absolute Gasteiger partial charge is 0.322 e. The number of anilines is 1. The van der Waals surface area contributed by atoms with Crippen LogP contribution in [0.5, 0.6) is 0 Å². The zero-order valence-electron chi connectivity index (χ0n) is 11.6. The zero-order valence-corrected chi connectivity index (χ0v) is 11.6. The van der Waals surface area contributed by atoms with E-state index in [1.165, 1.54) is 0 Å². The molecule has 0 spiro atoms. The average molecular weight is 351 g/mol. The van der Waals surface area contributed by atoms with E-state index in [1.54, 1.807) is 0 Å². The highest BCUT2D eigenvalue weighted by Crippen LogP contribution is 2.31. The summed E-state index contributed by atoms with van der Waals surface area (Å²) in [5, 5.41) is 2.04. The van der Waals surface area contributed by atoms with Gasteiger partial charge in [-0.3, -0.25) is 4.79 Å². The lowest BCUT2D eigenvalue weighted by Gasteiger charge is -2.11. The summed E-state index contributed by atoms with van der Waals surface area (Å²) < 4.78 is 88.5. The van der Waals surface area contributed by atoms with Crippen LogP contribution in [0.4, 0.5) is 36.4 Å². The SMILES string of the molecule is O=C(Nc1ccc(C(F)(F)F)cc1)c1cc(C(F)(F)F)ccc1F. The minimum atomic E-state index is -4.77. The Balaban J connectivity index is 2.24. The maximum absolute atomic E-state index is 13.6. The van der Waals surface area contributed by atoms with E-state index in [-0.39, 0.29) is 5.69 Å². The monoisotopic (exact) mass is 351 g/mol. The lowest BCUT2D eigenvalue weighted by molar-refractivity contribution is -0.138. The average Bonchev–Trinajstić information content (AvgIpc) is 2.46. The van der Waals surface area contributed by atoms with E-state index in [0.717, 1.165) is 12.1 Å². The molecular weight excluding hydrogens is 343 g/mol. The Morgan fingerprint density at radius 3 is 1.79 bits per heavy atom. The van der Waals surface area contributed by atoms with Crippen molar-refractivity contribution in [2.45, 2.75) is 12.4 Å². The first-order chi connectivity index (χ1) is 11.0. The number of alkyl halides is 6. The zero-order chi connectivity index (χ0) is 18.1. The van der Waals surface area contributed by atoms with Crippen molar-refractivity contribution in [3.8, 4) is 0 Å². The van der Waals surface area contributed by atoms with Crippen LogP contribution in [0.2, 0.25) is 0 Å². The van der Waals surface area contributed by atoms with Crippen LogP contribution in [0.1, 0.15) is 21.5 Å². The second kappa shape index (κ2) is 6.14. The summed E-state index contributed by atoms with van der Waals surface area (Å²) in [7, 11) is 0. The maximum Gasteiger partial charge on any atom is 0.416 e. The molecule has 2 aromatic carbocycles. The summed E-state index contributed by atoms with van der Waals surface area (Å²) in [4.78, 5) is 11.9. The van der Waals surface area contributed by atoms with E-state index in [9.17, 15) is 35.5 Å². The van der Waals surface area contributed by atoms with Crippen LogP contribution in [0.3, 0.4) is 0 Å². The fourth-order valence-electron chi connectivity index (χ4n) is 1.82. The highest BCUT2D eigenvalue weighted by Gasteiger charge is 2.32. The van der Waals surface area contributed by atoms with Crippen molar-refractivity contribution >= 4 is 11.6 Å². The van der Waals surface area contributed by atoms with Crippen LogP contribution >= 0.6 is 0 Å². The lowest BCUT2D eigenvalue weighted by atomic mass is 10.1. The van der Waals surface area contributed by atoms with Gasteiger partial charge in [0, 0.05) is 5.69 Å². The topological polar surface area (TPSA) is 29.1 Å². The molecule has 0 aromatic heterocycles. The number of carbonyl (C=O) groups is 1. The van der Waals surface area contributed by atoms with Crippen molar-refractivity contribution in [2.24, 2.45) is 0 Å². The van der Waals surface area contributed by atoms with Crippen LogP contribution in [0, 0.1) is 5.82 Å². The van der Waals surface area contributed by atoms with E-state index in [4.69, 9.17) is 0 Å². The number of nitrogens with one attached hydrogen (secondary N) is 1. The molecule has 0 aliphatic rings. The fourth-order valence-corrected chi connectivity index (χ4v) is 1.82. The first kappa shape index (κ1) is 17.8. The molecule has 0 saturated heterocycles. The Kier molecular flexibility index (Phi) is 4.54. The van der Waals surface area contributed by atoms with Gasteiger partial charge in [0.05, 0.1) is 16.7 Å². The highest BCUT2D eigenvalue weighted by atomic mass is 19.4. The van der Waals surface area contributed by atoms with Gasteiger partial charge in [-0.1, -0.05) is 0 Å². The van der Waals surface area contributed by atoms with Crippen molar-refractivity contribution < 1.29 is 35.5 Å². The second-order valence-corrected chi connectivity index (χ2v) is 4.72. The molecule has 1 N–H and O–H groups in total. The molecule has 0 aliphatic carbocycles. The van der Waals surface area contributed by atoms with Crippen LogP contribution in [0.15, 0.2) is 42.5 Å². The Morgan fingerprint density at radius 1 is 0.792 bits per heavy atom. The second-order valence-electron chi connectivity index (χ2n) is 4.72. The maximum atomic E-state index is 13.6. The van der Waals surface area contributed by atoms with E-state index in [1.807, 2.05) is 5.32 Å². The molecular formula is C15H8F7NO. The first-order valence-electron chi connectivity index (χ1n) is 6.34. The van der Waals surface area contributed by atoms with E-state index in [0.29, 0.717) is 30.3 Å². The minimum Gasteiger partial charge on any atom is -0.322 e. The Labute approximate surface area is 130 Å². The summed E-state index contributed by atoms with van der Waals surface area (Å²) in [5.74, 6) is -2.40. The summed E-state index contributed by atoms with van der Waals surface area (Å²) in [6, 6.07) is 4.47. The Morgan fingerprint density at radius 2 is 1.29 bits per heavy atom. The molecule has 0 aliphatic heterocycles. The van der Waals surface area contributed by atoms with E-state index < -0.39 is 40.8 Å². The summed E-state index contributed by atoms with van der Waals surface area (Å²) >= 11 is 0. The van der Waals surface area contributed by atoms with E-state index in [2.05, 4.69) is 0 Å². The van der Waals surface area contributed by atoms with Gasteiger partial charge < -0.3 is 5.32 Å². The van der Waals surface area contributed by atoms with Crippen molar-refractivity contribution in [3.05, 3.63) is 65.0 Å². The number of benzene rings is 2. The van der Waals surface area contributed by atoms with Crippen molar-refractivity contribution in [2.75, 3.05) is 5.32 Å². The lowest BCUT2D eigenvalue weighted by Crippen LogP contribution is -2.16. The third kappa shape index (κ3) is 4.03. The molecule has 24 heavy (non-hydrogen) atoms. The van der Waals surface area contributed by atoms with Gasteiger partial charge in [-0.05, 0) is 42.5 Å². The Hall–Kier alpha value is -2.58.